The molecule has 1 aromatic heterocycles. The molecule has 2 aromatic carbocycles. The topological polar surface area (TPSA) is 138 Å². The Bertz CT molecular complexity index is 1230. The van der Waals surface area contributed by atoms with Gasteiger partial charge in [0.2, 0.25) is 11.5 Å². The molecule has 9 nitrogen and oxygen atoms in total. The first-order valence-corrected chi connectivity index (χ1v) is 9.91. The number of rotatable bonds is 5. The zero-order valence-corrected chi connectivity index (χ0v) is 17.3. The van der Waals surface area contributed by atoms with Gasteiger partial charge < -0.3 is 30.8 Å². The van der Waals surface area contributed by atoms with Gasteiger partial charge in [0.25, 0.3) is 11.8 Å². The molecule has 1 saturated heterocycles. The van der Waals surface area contributed by atoms with Crippen molar-refractivity contribution in [1.29, 1.82) is 0 Å². The Morgan fingerprint density at radius 1 is 1.28 bits per heavy atom. The summed E-state index contributed by atoms with van der Waals surface area (Å²) in [4.78, 5) is 40.6. The van der Waals surface area contributed by atoms with Crippen LogP contribution in [0.3, 0.4) is 0 Å². The summed E-state index contributed by atoms with van der Waals surface area (Å²) in [5.74, 6) is -2.08. The third-order valence-electron chi connectivity index (χ3n) is 5.15. The average molecular weight is 461 g/mol. The molecule has 1 atom stereocenters. The summed E-state index contributed by atoms with van der Waals surface area (Å²) in [6, 6.07) is 10.3. The van der Waals surface area contributed by atoms with E-state index >= 15 is 0 Å². The summed E-state index contributed by atoms with van der Waals surface area (Å²) in [6.45, 7) is -0.00102. The molecule has 1 aliphatic rings. The molecular formula is C21H18ClFN4O5. The number of aromatic amines is 1. The standard InChI is InChI=1S/C21H18ClFN4O5/c22-13-5-11(6-14(23)9-13)10-25-18(28)21(31)3-4-27(19(21)29)15-1-2-16-12(7-15)8-17(26-16)32-20(24)30/h1-2,5-9,26,31H,3-4,10H2,(H2,24,30)(H,25,28)/t21-/m1/s1. The number of anilines is 1. The summed E-state index contributed by atoms with van der Waals surface area (Å²) < 4.78 is 18.3. The Morgan fingerprint density at radius 2 is 2.06 bits per heavy atom. The van der Waals surface area contributed by atoms with E-state index in [1.54, 1.807) is 18.2 Å². The second-order valence-corrected chi connectivity index (χ2v) is 7.79. The molecule has 0 unspecified atom stereocenters. The molecule has 166 valence electrons. The van der Waals surface area contributed by atoms with Crippen molar-refractivity contribution >= 4 is 46.1 Å². The molecule has 5 N–H and O–H groups in total. The van der Waals surface area contributed by atoms with Crippen molar-refractivity contribution in [1.82, 2.24) is 10.3 Å². The number of amides is 3. The zero-order chi connectivity index (χ0) is 23.0. The Morgan fingerprint density at radius 3 is 2.78 bits per heavy atom. The van der Waals surface area contributed by atoms with Gasteiger partial charge >= 0.3 is 6.09 Å². The average Bonchev–Trinajstić information content (AvgIpc) is 3.25. The molecule has 1 aliphatic heterocycles. The van der Waals surface area contributed by atoms with Crippen molar-refractivity contribution in [2.24, 2.45) is 5.73 Å². The van der Waals surface area contributed by atoms with Gasteiger partial charge in [0.15, 0.2) is 0 Å². The van der Waals surface area contributed by atoms with Crippen LogP contribution in [0.15, 0.2) is 42.5 Å². The highest BCUT2D eigenvalue weighted by atomic mass is 35.5. The molecule has 0 bridgehead atoms. The van der Waals surface area contributed by atoms with Gasteiger partial charge in [-0.2, -0.15) is 0 Å². The summed E-state index contributed by atoms with van der Waals surface area (Å²) in [5.41, 5.74) is 4.22. The Hall–Kier alpha value is -3.63. The van der Waals surface area contributed by atoms with Crippen molar-refractivity contribution in [3.05, 3.63) is 58.9 Å². The lowest BCUT2D eigenvalue weighted by Crippen LogP contribution is -2.52. The smallest absolute Gasteiger partial charge is 0.393 e. The van der Waals surface area contributed by atoms with Gasteiger partial charge in [0.1, 0.15) is 5.82 Å². The Balaban J connectivity index is 1.49. The number of aromatic nitrogens is 1. The number of aliphatic hydroxyl groups is 1. The molecule has 0 saturated carbocycles. The summed E-state index contributed by atoms with van der Waals surface area (Å²) in [7, 11) is 0. The van der Waals surface area contributed by atoms with Crippen LogP contribution in [0.4, 0.5) is 14.9 Å². The van der Waals surface area contributed by atoms with E-state index in [2.05, 4.69) is 10.3 Å². The number of nitrogens with two attached hydrogens (primary N) is 1. The van der Waals surface area contributed by atoms with Crippen molar-refractivity contribution in [3.63, 3.8) is 0 Å². The van der Waals surface area contributed by atoms with Gasteiger partial charge in [-0.15, -0.1) is 0 Å². The fourth-order valence-electron chi connectivity index (χ4n) is 3.63. The molecular weight excluding hydrogens is 443 g/mol. The monoisotopic (exact) mass is 460 g/mol. The SMILES string of the molecule is NC(=O)Oc1cc2cc(N3CC[C@@](O)(C(=O)NCc4cc(F)cc(Cl)c4)C3=O)ccc2[nH]1. The lowest BCUT2D eigenvalue weighted by molar-refractivity contribution is -0.149. The molecule has 0 radical (unpaired) electrons. The predicted molar refractivity (Wildman–Crippen MR) is 114 cm³/mol. The highest BCUT2D eigenvalue weighted by Crippen LogP contribution is 2.32. The van der Waals surface area contributed by atoms with Crippen molar-refractivity contribution in [2.75, 3.05) is 11.4 Å². The van der Waals surface area contributed by atoms with Crippen LogP contribution >= 0.6 is 11.6 Å². The quantitative estimate of drug-likeness (QED) is 0.432. The van der Waals surface area contributed by atoms with Crippen LogP contribution in [-0.4, -0.2) is 40.1 Å². The molecule has 0 spiro atoms. The first-order chi connectivity index (χ1) is 15.2. The van der Waals surface area contributed by atoms with Crippen LogP contribution in [0, 0.1) is 5.82 Å². The van der Waals surface area contributed by atoms with Gasteiger partial charge in [-0.1, -0.05) is 11.6 Å². The Kier molecular flexibility index (Phi) is 5.49. The van der Waals surface area contributed by atoms with Gasteiger partial charge in [-0.05, 0) is 42.0 Å². The maximum Gasteiger partial charge on any atom is 0.411 e. The summed E-state index contributed by atoms with van der Waals surface area (Å²) in [5, 5.41) is 14.0. The van der Waals surface area contributed by atoms with E-state index in [1.807, 2.05) is 0 Å². The number of H-pyrrole nitrogens is 1. The highest BCUT2D eigenvalue weighted by molar-refractivity contribution is 6.30. The highest BCUT2D eigenvalue weighted by Gasteiger charge is 2.51. The predicted octanol–water partition coefficient (Wildman–Crippen LogP) is 2.20. The van der Waals surface area contributed by atoms with Crippen molar-refractivity contribution < 1.29 is 28.6 Å². The fourth-order valence-corrected chi connectivity index (χ4v) is 3.87. The van der Waals surface area contributed by atoms with Crippen LogP contribution in [0.2, 0.25) is 5.02 Å². The van der Waals surface area contributed by atoms with Crippen LogP contribution in [0.1, 0.15) is 12.0 Å². The van der Waals surface area contributed by atoms with E-state index in [-0.39, 0.29) is 30.4 Å². The molecule has 0 aliphatic carbocycles. The van der Waals surface area contributed by atoms with E-state index in [9.17, 15) is 23.9 Å². The normalized spacial score (nSPS) is 18.2. The van der Waals surface area contributed by atoms with E-state index in [1.165, 1.54) is 23.1 Å². The number of benzene rings is 2. The zero-order valence-electron chi connectivity index (χ0n) is 16.5. The lowest BCUT2D eigenvalue weighted by atomic mass is 10.0. The maximum absolute atomic E-state index is 13.5. The van der Waals surface area contributed by atoms with E-state index < -0.39 is 29.3 Å². The molecule has 2 heterocycles. The largest absolute Gasteiger partial charge is 0.411 e. The van der Waals surface area contributed by atoms with Gasteiger partial charge in [0.05, 0.1) is 0 Å². The van der Waals surface area contributed by atoms with Crippen LogP contribution in [0.5, 0.6) is 5.88 Å². The number of carbonyl (C=O) groups is 3. The summed E-state index contributed by atoms with van der Waals surface area (Å²) >= 11 is 5.80. The molecule has 3 amide bonds. The van der Waals surface area contributed by atoms with E-state index in [4.69, 9.17) is 22.1 Å². The second kappa shape index (κ2) is 8.13. The fraction of sp³-hybridized carbons (Fsp3) is 0.190. The number of nitrogens with one attached hydrogen (secondary N) is 2. The minimum absolute atomic E-state index is 0.106. The minimum atomic E-state index is -2.26. The number of hydrogen-bond acceptors (Lipinski definition) is 5. The number of carbonyl (C=O) groups excluding carboxylic acids is 3. The van der Waals surface area contributed by atoms with E-state index in [0.29, 0.717) is 22.2 Å². The number of nitrogens with zero attached hydrogens (tertiary/aromatic N) is 1. The lowest BCUT2D eigenvalue weighted by Gasteiger charge is -2.22. The van der Waals surface area contributed by atoms with Gasteiger partial charge in [-0.3, -0.25) is 9.59 Å². The van der Waals surface area contributed by atoms with Crippen LogP contribution in [-0.2, 0) is 16.1 Å². The number of hydrogen-bond donors (Lipinski definition) is 4. The number of halogens is 2. The molecule has 32 heavy (non-hydrogen) atoms. The number of ether oxygens (including phenoxy) is 1. The molecule has 11 heteroatoms. The van der Waals surface area contributed by atoms with Gasteiger partial charge in [-0.25, -0.2) is 9.18 Å². The number of fused-ring (bicyclic) bond motifs is 1. The molecule has 1 fully saturated rings. The molecule has 3 aromatic rings. The molecule has 4 rings (SSSR count). The minimum Gasteiger partial charge on any atom is -0.393 e. The summed E-state index contributed by atoms with van der Waals surface area (Å²) in [6.07, 6.45) is -1.09. The van der Waals surface area contributed by atoms with Crippen molar-refractivity contribution in [3.8, 4) is 5.88 Å². The van der Waals surface area contributed by atoms with Crippen molar-refractivity contribution in [2.45, 2.75) is 18.6 Å². The van der Waals surface area contributed by atoms with E-state index in [0.717, 1.165) is 6.07 Å². The third-order valence-corrected chi connectivity index (χ3v) is 5.37. The van der Waals surface area contributed by atoms with Gasteiger partial charge in [0, 0.05) is 47.2 Å². The maximum atomic E-state index is 13.5. The first-order valence-electron chi connectivity index (χ1n) is 9.53. The third kappa shape index (κ3) is 4.10. The Labute approximate surface area is 185 Å². The first kappa shape index (κ1) is 21.6. The second-order valence-electron chi connectivity index (χ2n) is 7.35. The van der Waals surface area contributed by atoms with Crippen LogP contribution < -0.4 is 20.7 Å². The number of primary amides is 1. The van der Waals surface area contributed by atoms with Crippen LogP contribution in [0.25, 0.3) is 10.9 Å².